The van der Waals surface area contributed by atoms with Crippen molar-refractivity contribution in [2.75, 3.05) is 20.1 Å². The smallest absolute Gasteiger partial charge is 0.227 e. The molecule has 1 aliphatic carbocycles. The van der Waals surface area contributed by atoms with Gasteiger partial charge in [-0.25, -0.2) is 0 Å². The molecule has 0 spiro atoms. The van der Waals surface area contributed by atoms with Gasteiger partial charge in [0, 0.05) is 19.1 Å². The molecule has 0 unspecified atom stereocenters. The lowest BCUT2D eigenvalue weighted by Gasteiger charge is -2.44. The second-order valence-electron chi connectivity index (χ2n) is 7.27. The van der Waals surface area contributed by atoms with Crippen molar-refractivity contribution in [1.29, 1.82) is 0 Å². The third-order valence-electron chi connectivity index (χ3n) is 5.59. The lowest BCUT2D eigenvalue weighted by atomic mass is 9.86. The van der Waals surface area contributed by atoms with E-state index in [-0.39, 0.29) is 18.1 Å². The van der Waals surface area contributed by atoms with E-state index in [1.807, 2.05) is 18.0 Å². The van der Waals surface area contributed by atoms with Crippen molar-refractivity contribution < 1.29 is 9.90 Å². The summed E-state index contributed by atoms with van der Waals surface area (Å²) in [4.78, 5) is 17.2. The van der Waals surface area contributed by atoms with Gasteiger partial charge in [-0.3, -0.25) is 9.69 Å². The van der Waals surface area contributed by atoms with Crippen LogP contribution in [0.3, 0.4) is 0 Å². The number of amides is 1. The van der Waals surface area contributed by atoms with Crippen LogP contribution in [-0.2, 0) is 11.2 Å². The first-order chi connectivity index (χ1) is 12.0. The van der Waals surface area contributed by atoms with E-state index in [9.17, 15) is 9.90 Å². The van der Waals surface area contributed by atoms with Gasteiger partial charge >= 0.3 is 0 Å². The fourth-order valence-electron chi connectivity index (χ4n) is 4.16. The Morgan fingerprint density at radius 1 is 1.24 bits per heavy atom. The number of nitrogens with zero attached hydrogens (tertiary/aromatic N) is 2. The minimum Gasteiger partial charge on any atom is -0.393 e. The minimum absolute atomic E-state index is 0.0571. The molecule has 1 aliphatic heterocycles. The molecule has 25 heavy (non-hydrogen) atoms. The molecule has 138 valence electrons. The van der Waals surface area contributed by atoms with Crippen LogP contribution in [0.5, 0.6) is 0 Å². The normalized spacial score (nSPS) is 27.4. The second kappa shape index (κ2) is 8.26. The molecule has 2 fully saturated rings. The lowest BCUT2D eigenvalue weighted by Crippen LogP contribution is -2.55. The molecule has 1 amide bonds. The molecule has 4 nitrogen and oxygen atoms in total. The van der Waals surface area contributed by atoms with Crippen LogP contribution in [0.4, 0.5) is 0 Å². The van der Waals surface area contributed by atoms with E-state index in [1.165, 1.54) is 12.8 Å². The Labute approximate surface area is 159 Å². The predicted octanol–water partition coefficient (Wildman–Crippen LogP) is 3.37. The minimum atomic E-state index is -0.316. The Bertz CT molecular complexity index is 619. The average Bonchev–Trinajstić information content (AvgIpc) is 3.11. The van der Waals surface area contributed by atoms with Gasteiger partial charge in [0.25, 0.3) is 0 Å². The summed E-state index contributed by atoms with van der Waals surface area (Å²) in [6, 6.07) is 5.74. The van der Waals surface area contributed by atoms with Gasteiger partial charge in [0.15, 0.2) is 0 Å². The number of aliphatic hydroxyl groups excluding tert-OH is 1. The second-order valence-corrected chi connectivity index (χ2v) is 8.09. The number of carbonyl (C=O) groups excluding carboxylic acids is 1. The summed E-state index contributed by atoms with van der Waals surface area (Å²) >= 11 is 12.0. The molecule has 0 aromatic heterocycles. The maximum absolute atomic E-state index is 12.8. The first-order valence-corrected chi connectivity index (χ1v) is 9.83. The topological polar surface area (TPSA) is 43.8 Å². The SMILES string of the molecule is CN(C(=O)Cc1ccc(Cl)c(Cl)c1)[C@@H]1C[C@H](O)CC[C@H]1N1CCCC1. The molecule has 1 N–H and O–H groups in total. The van der Waals surface area contributed by atoms with E-state index in [1.54, 1.807) is 12.1 Å². The van der Waals surface area contributed by atoms with E-state index in [0.29, 0.717) is 28.9 Å². The molecular weight excluding hydrogens is 359 g/mol. The van der Waals surface area contributed by atoms with Gasteiger partial charge in [0.1, 0.15) is 0 Å². The van der Waals surface area contributed by atoms with Crippen LogP contribution < -0.4 is 0 Å². The van der Waals surface area contributed by atoms with Crippen LogP contribution in [0, 0.1) is 0 Å². The molecule has 1 aromatic carbocycles. The number of aliphatic hydroxyl groups is 1. The quantitative estimate of drug-likeness (QED) is 0.864. The summed E-state index contributed by atoms with van der Waals surface area (Å²) in [6.45, 7) is 2.21. The van der Waals surface area contributed by atoms with Crippen LogP contribution in [0.15, 0.2) is 18.2 Å². The van der Waals surface area contributed by atoms with Crippen molar-refractivity contribution in [3.8, 4) is 0 Å². The zero-order valence-corrected chi connectivity index (χ0v) is 16.1. The molecule has 1 saturated carbocycles. The van der Waals surface area contributed by atoms with Crippen LogP contribution in [0.2, 0.25) is 10.0 Å². The fourth-order valence-corrected chi connectivity index (χ4v) is 4.48. The number of likely N-dealkylation sites (tertiary alicyclic amines) is 1. The highest BCUT2D eigenvalue weighted by Gasteiger charge is 2.38. The van der Waals surface area contributed by atoms with E-state index in [0.717, 1.165) is 31.5 Å². The maximum Gasteiger partial charge on any atom is 0.227 e. The molecule has 3 atom stereocenters. The Balaban J connectivity index is 1.70. The van der Waals surface area contributed by atoms with Gasteiger partial charge in [0.2, 0.25) is 5.91 Å². The fraction of sp³-hybridized carbons (Fsp3) is 0.632. The Morgan fingerprint density at radius 3 is 2.64 bits per heavy atom. The summed E-state index contributed by atoms with van der Waals surface area (Å²) in [5, 5.41) is 11.1. The van der Waals surface area contributed by atoms with Crippen LogP contribution >= 0.6 is 23.2 Å². The van der Waals surface area contributed by atoms with E-state index >= 15 is 0 Å². The largest absolute Gasteiger partial charge is 0.393 e. The Hall–Kier alpha value is -0.810. The highest BCUT2D eigenvalue weighted by molar-refractivity contribution is 6.42. The van der Waals surface area contributed by atoms with Crippen molar-refractivity contribution in [3.05, 3.63) is 33.8 Å². The van der Waals surface area contributed by atoms with Gasteiger partial charge in [0.05, 0.1) is 22.6 Å². The number of hydrogen-bond acceptors (Lipinski definition) is 3. The Morgan fingerprint density at radius 2 is 1.96 bits per heavy atom. The van der Waals surface area contributed by atoms with E-state index in [2.05, 4.69) is 4.90 Å². The summed E-state index contributed by atoms with van der Waals surface area (Å²) in [7, 11) is 1.87. The molecular formula is C19H26Cl2N2O2. The molecule has 1 heterocycles. The van der Waals surface area contributed by atoms with Crippen molar-refractivity contribution in [3.63, 3.8) is 0 Å². The molecule has 1 aromatic rings. The predicted molar refractivity (Wildman–Crippen MR) is 101 cm³/mol. The number of rotatable bonds is 4. The summed E-state index contributed by atoms with van der Waals surface area (Å²) in [5.41, 5.74) is 0.861. The van der Waals surface area contributed by atoms with E-state index < -0.39 is 0 Å². The average molecular weight is 385 g/mol. The van der Waals surface area contributed by atoms with Gasteiger partial charge in [-0.05, 0) is 62.9 Å². The van der Waals surface area contributed by atoms with Crippen molar-refractivity contribution >= 4 is 29.1 Å². The van der Waals surface area contributed by atoms with Crippen LogP contribution in [0.1, 0.15) is 37.7 Å². The van der Waals surface area contributed by atoms with E-state index in [4.69, 9.17) is 23.2 Å². The lowest BCUT2D eigenvalue weighted by molar-refractivity contribution is -0.134. The molecule has 0 radical (unpaired) electrons. The number of benzene rings is 1. The highest BCUT2D eigenvalue weighted by atomic mass is 35.5. The molecule has 2 aliphatic rings. The van der Waals surface area contributed by atoms with Gasteiger partial charge in [-0.15, -0.1) is 0 Å². The van der Waals surface area contributed by atoms with Crippen LogP contribution in [-0.4, -0.2) is 59.1 Å². The zero-order valence-electron chi connectivity index (χ0n) is 14.6. The number of likely N-dealkylation sites (N-methyl/N-ethyl adjacent to an activating group) is 1. The molecule has 0 bridgehead atoms. The van der Waals surface area contributed by atoms with Crippen LogP contribution in [0.25, 0.3) is 0 Å². The monoisotopic (exact) mass is 384 g/mol. The number of halogens is 2. The summed E-state index contributed by atoms with van der Waals surface area (Å²) < 4.78 is 0. The van der Waals surface area contributed by atoms with Gasteiger partial charge in [-0.1, -0.05) is 29.3 Å². The maximum atomic E-state index is 12.8. The van der Waals surface area contributed by atoms with Gasteiger partial charge < -0.3 is 10.0 Å². The summed E-state index contributed by atoms with van der Waals surface area (Å²) in [5.74, 6) is 0.0571. The third-order valence-corrected chi connectivity index (χ3v) is 6.33. The Kier molecular flexibility index (Phi) is 6.26. The van der Waals surface area contributed by atoms with Crippen molar-refractivity contribution in [1.82, 2.24) is 9.80 Å². The standard InChI is InChI=1S/C19H26Cl2N2O2/c1-22(19(25)11-13-4-6-15(20)16(21)10-13)18-12-14(24)5-7-17(18)23-8-2-3-9-23/h4,6,10,14,17-18,24H,2-3,5,7-9,11-12H2,1H3/t14-,17-,18-/m1/s1. The number of hydrogen-bond donors (Lipinski definition) is 1. The highest BCUT2D eigenvalue weighted by Crippen LogP contribution is 2.30. The van der Waals surface area contributed by atoms with Crippen molar-refractivity contribution in [2.24, 2.45) is 0 Å². The number of carbonyl (C=O) groups is 1. The zero-order chi connectivity index (χ0) is 18.0. The summed E-state index contributed by atoms with van der Waals surface area (Å²) in [6.07, 6.45) is 4.88. The molecule has 3 rings (SSSR count). The van der Waals surface area contributed by atoms with Crippen molar-refractivity contribution in [2.45, 2.75) is 56.7 Å². The third kappa shape index (κ3) is 4.48. The first-order valence-electron chi connectivity index (χ1n) is 9.07. The first kappa shape index (κ1) is 19.0. The van der Waals surface area contributed by atoms with Gasteiger partial charge in [-0.2, -0.15) is 0 Å². The molecule has 6 heteroatoms. The molecule has 1 saturated heterocycles.